The van der Waals surface area contributed by atoms with E-state index in [4.69, 9.17) is 19.4 Å². The smallest absolute Gasteiger partial charge is 0.490 e. The van der Waals surface area contributed by atoms with Gasteiger partial charge in [0.2, 0.25) is 0 Å². The van der Waals surface area contributed by atoms with Gasteiger partial charge in [-0.25, -0.2) is 9.78 Å². The fourth-order valence-corrected chi connectivity index (χ4v) is 3.34. The van der Waals surface area contributed by atoms with Gasteiger partial charge >= 0.3 is 12.1 Å². The van der Waals surface area contributed by atoms with Crippen LogP contribution in [-0.2, 0) is 16.1 Å². The molecule has 0 bridgehead atoms. The first-order valence-electron chi connectivity index (χ1n) is 8.38. The number of nitrogens with zero attached hydrogens (tertiary/aromatic N) is 2. The molecule has 154 valence electrons. The van der Waals surface area contributed by atoms with Gasteiger partial charge in [-0.2, -0.15) is 13.2 Å². The fourth-order valence-electron chi connectivity index (χ4n) is 2.69. The number of hydrogen-bond donors (Lipinski definition) is 1. The molecule has 1 aromatic carbocycles. The number of methoxy groups -OCH3 is 1. The van der Waals surface area contributed by atoms with E-state index < -0.39 is 12.1 Å². The van der Waals surface area contributed by atoms with Crippen LogP contribution in [0.15, 0.2) is 29.6 Å². The summed E-state index contributed by atoms with van der Waals surface area (Å²) in [6, 6.07) is 8.42. The average molecular weight is 418 g/mol. The first-order chi connectivity index (χ1) is 13.2. The zero-order valence-electron chi connectivity index (χ0n) is 15.4. The molecule has 2 heterocycles. The monoisotopic (exact) mass is 418 g/mol. The lowest BCUT2D eigenvalue weighted by Gasteiger charge is -2.34. The summed E-state index contributed by atoms with van der Waals surface area (Å²) in [4.78, 5) is 16.0. The van der Waals surface area contributed by atoms with Crippen molar-refractivity contribution in [2.45, 2.75) is 25.7 Å². The number of rotatable bonds is 4. The maximum absolute atomic E-state index is 10.6. The van der Waals surface area contributed by atoms with E-state index in [1.807, 2.05) is 19.1 Å². The number of aromatic nitrogens is 1. The zero-order valence-corrected chi connectivity index (χ0v) is 16.2. The third-order valence-corrected chi connectivity index (χ3v) is 4.82. The molecule has 1 unspecified atom stereocenters. The molecule has 6 nitrogen and oxygen atoms in total. The Hall–Kier alpha value is -2.17. The van der Waals surface area contributed by atoms with Crippen molar-refractivity contribution < 1.29 is 32.5 Å². The van der Waals surface area contributed by atoms with Gasteiger partial charge in [0.05, 0.1) is 37.1 Å². The number of para-hydroxylation sites is 1. The Balaban J connectivity index is 0.000000345. The van der Waals surface area contributed by atoms with Crippen molar-refractivity contribution in [3.05, 3.63) is 45.9 Å². The molecule has 0 spiro atoms. The Morgan fingerprint density at radius 2 is 2.11 bits per heavy atom. The standard InChI is InChI=1S/C16H20N2O2S.C2HF3O2/c1-12-17-14(11-21-12)15-10-20-8-7-18(15)9-13-5-3-4-6-16(13)19-2;3-2(4,5)1(6)7/h3-6,11,15H,7-10H2,1-2H3;(H,6,7). The summed E-state index contributed by atoms with van der Waals surface area (Å²) in [5.41, 5.74) is 2.32. The normalized spacial score (nSPS) is 17.5. The second-order valence-corrected chi connectivity index (χ2v) is 7.03. The van der Waals surface area contributed by atoms with Gasteiger partial charge < -0.3 is 14.6 Å². The molecule has 1 aliphatic rings. The number of carboxylic acids is 1. The van der Waals surface area contributed by atoms with E-state index in [1.54, 1.807) is 18.4 Å². The van der Waals surface area contributed by atoms with Gasteiger partial charge in [-0.05, 0) is 13.0 Å². The van der Waals surface area contributed by atoms with E-state index in [9.17, 15) is 13.2 Å². The number of hydrogen-bond acceptors (Lipinski definition) is 6. The van der Waals surface area contributed by atoms with Crippen LogP contribution in [0.25, 0.3) is 0 Å². The van der Waals surface area contributed by atoms with E-state index in [1.165, 1.54) is 5.56 Å². The Labute approximate surface area is 164 Å². The zero-order chi connectivity index (χ0) is 20.7. The third kappa shape index (κ3) is 6.18. The summed E-state index contributed by atoms with van der Waals surface area (Å²) < 4.78 is 42.9. The number of ether oxygens (including phenoxy) is 2. The lowest BCUT2D eigenvalue weighted by atomic mass is 10.1. The number of carboxylic acid groups (broad SMARTS) is 1. The van der Waals surface area contributed by atoms with Crippen molar-refractivity contribution in [1.29, 1.82) is 0 Å². The minimum atomic E-state index is -5.08. The number of halogens is 3. The number of aryl methyl sites for hydroxylation is 1. The van der Waals surface area contributed by atoms with Crippen molar-refractivity contribution in [3.8, 4) is 5.75 Å². The number of aliphatic carboxylic acids is 1. The quantitative estimate of drug-likeness (QED) is 0.817. The Bertz CT molecular complexity index is 782. The SMILES string of the molecule is COc1ccccc1CN1CCOCC1c1csc(C)n1.O=C(O)C(F)(F)F. The van der Waals surface area contributed by atoms with Crippen LogP contribution >= 0.6 is 11.3 Å². The minimum absolute atomic E-state index is 0.230. The van der Waals surface area contributed by atoms with Gasteiger partial charge in [0.1, 0.15) is 5.75 Å². The first-order valence-corrected chi connectivity index (χ1v) is 9.26. The van der Waals surface area contributed by atoms with Gasteiger partial charge in [0.15, 0.2) is 0 Å². The summed E-state index contributed by atoms with van der Waals surface area (Å²) in [6.45, 7) is 5.30. The molecule has 0 radical (unpaired) electrons. The molecule has 1 N–H and O–H groups in total. The molecule has 2 aromatic rings. The summed E-state index contributed by atoms with van der Waals surface area (Å²) in [6.07, 6.45) is -5.08. The number of morpholine rings is 1. The Kier molecular flexibility index (Phi) is 7.78. The lowest BCUT2D eigenvalue weighted by molar-refractivity contribution is -0.192. The molecular weight excluding hydrogens is 397 g/mol. The first kappa shape index (κ1) is 22.1. The van der Waals surface area contributed by atoms with Crippen LogP contribution in [0.3, 0.4) is 0 Å². The van der Waals surface area contributed by atoms with Crippen molar-refractivity contribution >= 4 is 17.3 Å². The van der Waals surface area contributed by atoms with Crippen LogP contribution in [-0.4, -0.2) is 54.0 Å². The lowest BCUT2D eigenvalue weighted by Crippen LogP contribution is -2.39. The topological polar surface area (TPSA) is 71.9 Å². The highest BCUT2D eigenvalue weighted by Gasteiger charge is 2.38. The molecule has 1 aliphatic heterocycles. The highest BCUT2D eigenvalue weighted by atomic mass is 32.1. The maximum atomic E-state index is 10.6. The number of alkyl halides is 3. The van der Waals surface area contributed by atoms with E-state index in [-0.39, 0.29) is 6.04 Å². The van der Waals surface area contributed by atoms with E-state index in [2.05, 4.69) is 27.4 Å². The van der Waals surface area contributed by atoms with Crippen LogP contribution in [0, 0.1) is 6.92 Å². The molecule has 1 aromatic heterocycles. The molecule has 1 atom stereocenters. The summed E-state index contributed by atoms with van der Waals surface area (Å²) in [5, 5.41) is 10.4. The molecule has 3 rings (SSSR count). The maximum Gasteiger partial charge on any atom is 0.490 e. The Morgan fingerprint density at radius 3 is 2.68 bits per heavy atom. The molecule has 0 aliphatic carbocycles. The summed E-state index contributed by atoms with van der Waals surface area (Å²) >= 11 is 1.70. The van der Waals surface area contributed by atoms with Crippen LogP contribution in [0.4, 0.5) is 13.2 Å². The molecule has 28 heavy (non-hydrogen) atoms. The third-order valence-electron chi connectivity index (χ3n) is 4.03. The molecule has 10 heteroatoms. The van der Waals surface area contributed by atoms with Gasteiger partial charge in [-0.15, -0.1) is 11.3 Å². The number of carbonyl (C=O) groups is 1. The summed E-state index contributed by atoms with van der Waals surface area (Å²) in [5.74, 6) is -1.82. The van der Waals surface area contributed by atoms with Gasteiger partial charge in [-0.1, -0.05) is 18.2 Å². The number of benzene rings is 1. The van der Waals surface area contributed by atoms with Crippen molar-refractivity contribution in [2.75, 3.05) is 26.9 Å². The van der Waals surface area contributed by atoms with Crippen molar-refractivity contribution in [2.24, 2.45) is 0 Å². The van der Waals surface area contributed by atoms with Crippen LogP contribution in [0.1, 0.15) is 22.3 Å². The molecule has 0 saturated carbocycles. The Morgan fingerprint density at radius 1 is 1.43 bits per heavy atom. The highest BCUT2D eigenvalue weighted by molar-refractivity contribution is 7.09. The van der Waals surface area contributed by atoms with Gasteiger partial charge in [0, 0.05) is 24.0 Å². The van der Waals surface area contributed by atoms with Crippen LogP contribution < -0.4 is 4.74 Å². The predicted octanol–water partition coefficient (Wildman–Crippen LogP) is 3.67. The largest absolute Gasteiger partial charge is 0.496 e. The molecule has 1 saturated heterocycles. The average Bonchev–Trinajstić information content (AvgIpc) is 3.08. The molecule has 0 amide bonds. The second-order valence-electron chi connectivity index (χ2n) is 5.97. The van der Waals surface area contributed by atoms with E-state index in [0.717, 1.165) is 36.1 Å². The van der Waals surface area contributed by atoms with Crippen LogP contribution in [0.2, 0.25) is 0 Å². The predicted molar refractivity (Wildman–Crippen MR) is 97.5 cm³/mol. The number of thiazole rings is 1. The van der Waals surface area contributed by atoms with Crippen molar-refractivity contribution in [1.82, 2.24) is 9.88 Å². The van der Waals surface area contributed by atoms with Gasteiger partial charge in [0.25, 0.3) is 0 Å². The second kappa shape index (κ2) is 9.85. The molecular formula is C18H21F3N2O4S. The summed E-state index contributed by atoms with van der Waals surface area (Å²) in [7, 11) is 1.72. The van der Waals surface area contributed by atoms with E-state index >= 15 is 0 Å². The van der Waals surface area contributed by atoms with Gasteiger partial charge in [-0.3, -0.25) is 4.90 Å². The highest BCUT2D eigenvalue weighted by Crippen LogP contribution is 2.29. The van der Waals surface area contributed by atoms with Crippen molar-refractivity contribution in [3.63, 3.8) is 0 Å². The van der Waals surface area contributed by atoms with Crippen LogP contribution in [0.5, 0.6) is 5.75 Å². The van der Waals surface area contributed by atoms with E-state index in [0.29, 0.717) is 6.61 Å². The fraction of sp³-hybridized carbons (Fsp3) is 0.444. The molecule has 1 fully saturated rings. The minimum Gasteiger partial charge on any atom is -0.496 e.